The first-order valence-corrected chi connectivity index (χ1v) is 8.03. The Kier molecular flexibility index (Phi) is 4.79. The molecular weight excluding hydrogens is 320 g/mol. The molecule has 3 aromatic rings. The Morgan fingerprint density at radius 2 is 1.92 bits per heavy atom. The van der Waals surface area contributed by atoms with Crippen LogP contribution in [-0.4, -0.2) is 22.4 Å². The topological polar surface area (TPSA) is 84.2 Å². The Labute approximate surface area is 144 Å². The first-order chi connectivity index (χ1) is 12.1. The SMILES string of the molecule is CCc1cccc(OCCn2nc(C(=O)[O-])c3ccccc3c2=O)c1. The van der Waals surface area contributed by atoms with Gasteiger partial charge in [0.05, 0.1) is 17.9 Å². The van der Waals surface area contributed by atoms with Crippen molar-refractivity contribution in [1.29, 1.82) is 0 Å². The maximum Gasteiger partial charge on any atom is 0.274 e. The van der Waals surface area contributed by atoms with Crippen molar-refractivity contribution in [3.63, 3.8) is 0 Å². The Morgan fingerprint density at radius 3 is 2.64 bits per heavy atom. The third-order valence-electron chi connectivity index (χ3n) is 3.94. The molecule has 3 rings (SSSR count). The summed E-state index contributed by atoms with van der Waals surface area (Å²) in [4.78, 5) is 23.8. The van der Waals surface area contributed by atoms with Crippen LogP contribution in [0.1, 0.15) is 23.0 Å². The monoisotopic (exact) mass is 337 g/mol. The van der Waals surface area contributed by atoms with E-state index in [0.29, 0.717) is 11.1 Å². The third kappa shape index (κ3) is 3.52. The molecule has 0 unspecified atom stereocenters. The predicted molar refractivity (Wildman–Crippen MR) is 91.6 cm³/mol. The van der Waals surface area contributed by atoms with Gasteiger partial charge in [-0.1, -0.05) is 37.3 Å². The van der Waals surface area contributed by atoms with Crippen LogP contribution in [0.3, 0.4) is 0 Å². The highest BCUT2D eigenvalue weighted by Gasteiger charge is 2.11. The van der Waals surface area contributed by atoms with Crippen LogP contribution >= 0.6 is 0 Å². The number of aryl methyl sites for hydroxylation is 1. The number of hydrogen-bond donors (Lipinski definition) is 0. The zero-order valence-corrected chi connectivity index (χ0v) is 13.8. The molecule has 0 fully saturated rings. The van der Waals surface area contributed by atoms with Gasteiger partial charge in [0.15, 0.2) is 0 Å². The number of carbonyl (C=O) groups is 1. The Bertz CT molecular complexity index is 979. The number of hydrogen-bond acceptors (Lipinski definition) is 5. The molecule has 0 amide bonds. The summed E-state index contributed by atoms with van der Waals surface area (Å²) in [7, 11) is 0. The molecule has 1 heterocycles. The number of nitrogens with zero attached hydrogens (tertiary/aromatic N) is 2. The summed E-state index contributed by atoms with van der Waals surface area (Å²) in [6.45, 7) is 2.39. The summed E-state index contributed by atoms with van der Waals surface area (Å²) in [6, 6.07) is 14.1. The highest BCUT2D eigenvalue weighted by Crippen LogP contribution is 2.14. The number of benzene rings is 2. The molecule has 0 N–H and O–H groups in total. The smallest absolute Gasteiger partial charge is 0.274 e. The van der Waals surface area contributed by atoms with Crippen molar-refractivity contribution in [1.82, 2.24) is 9.78 Å². The fraction of sp³-hybridized carbons (Fsp3) is 0.211. The van der Waals surface area contributed by atoms with E-state index < -0.39 is 5.97 Å². The molecule has 128 valence electrons. The van der Waals surface area contributed by atoms with Crippen LogP contribution in [-0.2, 0) is 13.0 Å². The quantitative estimate of drug-likeness (QED) is 0.679. The Hall–Kier alpha value is -3.15. The molecule has 0 aliphatic heterocycles. The lowest BCUT2D eigenvalue weighted by Crippen LogP contribution is -2.32. The number of aromatic carboxylic acids is 1. The number of carbonyl (C=O) groups excluding carboxylic acids is 1. The molecule has 1 aromatic heterocycles. The molecule has 0 spiro atoms. The Morgan fingerprint density at radius 1 is 1.16 bits per heavy atom. The van der Waals surface area contributed by atoms with Gasteiger partial charge in [-0.3, -0.25) is 4.79 Å². The van der Waals surface area contributed by atoms with Crippen LogP contribution in [0.15, 0.2) is 53.3 Å². The van der Waals surface area contributed by atoms with E-state index in [1.807, 2.05) is 24.3 Å². The number of fused-ring (bicyclic) bond motifs is 1. The van der Waals surface area contributed by atoms with Crippen LogP contribution in [0, 0.1) is 0 Å². The van der Waals surface area contributed by atoms with E-state index in [9.17, 15) is 14.7 Å². The minimum Gasteiger partial charge on any atom is -0.543 e. The molecule has 6 heteroatoms. The van der Waals surface area contributed by atoms with Gasteiger partial charge in [-0.2, -0.15) is 5.10 Å². The normalized spacial score (nSPS) is 10.8. The minimum atomic E-state index is -1.42. The highest BCUT2D eigenvalue weighted by atomic mass is 16.5. The van der Waals surface area contributed by atoms with E-state index in [1.165, 1.54) is 0 Å². The van der Waals surface area contributed by atoms with Gasteiger partial charge in [-0.25, -0.2) is 4.68 Å². The van der Waals surface area contributed by atoms with Gasteiger partial charge in [0.25, 0.3) is 5.56 Å². The summed E-state index contributed by atoms with van der Waals surface area (Å²) in [5.41, 5.74) is 0.549. The molecule has 2 aromatic carbocycles. The van der Waals surface area contributed by atoms with Gasteiger partial charge >= 0.3 is 0 Å². The van der Waals surface area contributed by atoms with Crippen molar-refractivity contribution >= 4 is 16.7 Å². The maximum atomic E-state index is 12.5. The van der Waals surface area contributed by atoms with Crippen LogP contribution in [0.2, 0.25) is 0 Å². The van der Waals surface area contributed by atoms with Crippen molar-refractivity contribution in [3.8, 4) is 5.75 Å². The van der Waals surface area contributed by atoms with Crippen molar-refractivity contribution in [2.75, 3.05) is 6.61 Å². The number of ether oxygens (including phenoxy) is 1. The van der Waals surface area contributed by atoms with Crippen molar-refractivity contribution in [2.45, 2.75) is 19.9 Å². The molecule has 0 bridgehead atoms. The molecule has 0 saturated heterocycles. The van der Waals surface area contributed by atoms with E-state index in [1.54, 1.807) is 24.3 Å². The van der Waals surface area contributed by atoms with Gasteiger partial charge in [0.2, 0.25) is 0 Å². The second-order valence-electron chi connectivity index (χ2n) is 5.56. The molecule has 25 heavy (non-hydrogen) atoms. The standard InChI is InChI=1S/C19H18N2O4/c1-2-13-6-5-7-14(12-13)25-11-10-21-18(22)16-9-4-3-8-15(16)17(20-21)19(23)24/h3-9,12H,2,10-11H2,1H3,(H,23,24)/p-1. The largest absolute Gasteiger partial charge is 0.543 e. The predicted octanol–water partition coefficient (Wildman–Crippen LogP) is 1.40. The van der Waals surface area contributed by atoms with Crippen LogP contribution < -0.4 is 15.4 Å². The zero-order chi connectivity index (χ0) is 17.8. The number of carboxylic acid groups (broad SMARTS) is 1. The minimum absolute atomic E-state index is 0.139. The summed E-state index contributed by atoms with van der Waals surface area (Å²) < 4.78 is 6.77. The number of carboxylic acids is 1. The van der Waals surface area contributed by atoms with Gasteiger partial charge in [-0.15, -0.1) is 0 Å². The van der Waals surface area contributed by atoms with Crippen LogP contribution in [0.4, 0.5) is 0 Å². The average molecular weight is 337 g/mol. The molecule has 6 nitrogen and oxygen atoms in total. The highest BCUT2D eigenvalue weighted by molar-refractivity contribution is 6.00. The second-order valence-corrected chi connectivity index (χ2v) is 5.56. The summed E-state index contributed by atoms with van der Waals surface area (Å²) in [6.07, 6.45) is 0.901. The lowest BCUT2D eigenvalue weighted by Gasteiger charge is -2.12. The van der Waals surface area contributed by atoms with Gasteiger partial charge in [-0.05, 0) is 30.2 Å². The summed E-state index contributed by atoms with van der Waals surface area (Å²) in [5.74, 6) is -0.713. The molecule has 0 radical (unpaired) electrons. The molecule has 0 atom stereocenters. The Balaban J connectivity index is 1.85. The summed E-state index contributed by atoms with van der Waals surface area (Å²) in [5, 5.41) is 15.8. The average Bonchev–Trinajstić information content (AvgIpc) is 2.63. The first kappa shape index (κ1) is 16.7. The maximum absolute atomic E-state index is 12.5. The van der Waals surface area contributed by atoms with E-state index in [-0.39, 0.29) is 29.8 Å². The van der Waals surface area contributed by atoms with Crippen molar-refractivity contribution in [2.24, 2.45) is 0 Å². The molecule has 0 saturated carbocycles. The van der Waals surface area contributed by atoms with Crippen molar-refractivity contribution < 1.29 is 14.6 Å². The fourth-order valence-corrected chi connectivity index (χ4v) is 2.64. The van der Waals surface area contributed by atoms with Gasteiger partial charge < -0.3 is 14.6 Å². The molecule has 0 aliphatic carbocycles. The first-order valence-electron chi connectivity index (χ1n) is 8.03. The van der Waals surface area contributed by atoms with Crippen LogP contribution in [0.5, 0.6) is 5.75 Å². The van der Waals surface area contributed by atoms with Crippen molar-refractivity contribution in [3.05, 3.63) is 70.1 Å². The van der Waals surface area contributed by atoms with Crippen LogP contribution in [0.25, 0.3) is 10.8 Å². The fourth-order valence-electron chi connectivity index (χ4n) is 2.64. The summed E-state index contributed by atoms with van der Waals surface area (Å²) >= 11 is 0. The van der Waals surface area contributed by atoms with Gasteiger partial charge in [0.1, 0.15) is 18.1 Å². The van der Waals surface area contributed by atoms with Gasteiger partial charge in [0, 0.05) is 5.39 Å². The second kappa shape index (κ2) is 7.17. The van der Waals surface area contributed by atoms with E-state index in [0.717, 1.165) is 16.7 Å². The lowest BCUT2D eigenvalue weighted by atomic mass is 10.1. The van der Waals surface area contributed by atoms with E-state index >= 15 is 0 Å². The number of rotatable bonds is 6. The third-order valence-corrected chi connectivity index (χ3v) is 3.94. The lowest BCUT2D eigenvalue weighted by molar-refractivity contribution is -0.255. The van der Waals surface area contributed by atoms with E-state index in [2.05, 4.69) is 12.0 Å². The number of aromatic nitrogens is 2. The van der Waals surface area contributed by atoms with E-state index in [4.69, 9.17) is 4.74 Å². The molecular formula is C19H17N2O4-. The molecule has 0 aliphatic rings. The zero-order valence-electron chi connectivity index (χ0n) is 13.8.